The van der Waals surface area contributed by atoms with Crippen molar-refractivity contribution in [3.05, 3.63) is 54.6 Å². The number of imidazole rings is 1. The monoisotopic (exact) mass is 286 g/mol. The van der Waals surface area contributed by atoms with Crippen LogP contribution in [0.3, 0.4) is 0 Å². The Morgan fingerprint density at radius 2 is 2.05 bits per heavy atom. The maximum absolute atomic E-state index is 12.3. The number of amides is 1. The fourth-order valence-electron chi connectivity index (χ4n) is 2.26. The van der Waals surface area contributed by atoms with Gasteiger partial charge in [-0.2, -0.15) is 0 Å². The number of nitrogens with two attached hydrogens (primary N) is 1. The van der Waals surface area contributed by atoms with Crippen LogP contribution in [0.1, 0.15) is 25.5 Å². The third-order valence-corrected chi connectivity index (χ3v) is 3.57. The minimum absolute atomic E-state index is 0.0251. The Hall–Kier alpha value is -2.14. The molecule has 0 radical (unpaired) electrons. The van der Waals surface area contributed by atoms with Crippen molar-refractivity contribution in [1.82, 2.24) is 14.9 Å². The fourth-order valence-corrected chi connectivity index (χ4v) is 2.26. The summed E-state index contributed by atoms with van der Waals surface area (Å²) in [6, 6.07) is 9.42. The number of hydrogen-bond donors (Lipinski definition) is 2. The Labute approximate surface area is 125 Å². The first kappa shape index (κ1) is 15.3. The average Bonchev–Trinajstić information content (AvgIpc) is 2.99. The summed E-state index contributed by atoms with van der Waals surface area (Å²) in [7, 11) is 0. The lowest BCUT2D eigenvalue weighted by Gasteiger charge is -2.22. The largest absolute Gasteiger partial charge is 0.352 e. The second-order valence-corrected chi connectivity index (χ2v) is 5.39. The second-order valence-electron chi connectivity index (χ2n) is 5.39. The molecule has 0 aliphatic carbocycles. The number of carbonyl (C=O) groups is 1. The van der Waals surface area contributed by atoms with Crippen LogP contribution in [-0.2, 0) is 11.3 Å². The molecule has 2 rings (SSSR count). The zero-order valence-corrected chi connectivity index (χ0v) is 12.4. The quantitative estimate of drug-likeness (QED) is 0.849. The molecule has 1 aromatic heterocycles. The highest BCUT2D eigenvalue weighted by Crippen LogP contribution is 2.19. The van der Waals surface area contributed by atoms with Crippen LogP contribution >= 0.6 is 0 Å². The first-order valence-electron chi connectivity index (χ1n) is 7.14. The average molecular weight is 286 g/mol. The van der Waals surface area contributed by atoms with E-state index in [1.54, 1.807) is 12.5 Å². The van der Waals surface area contributed by atoms with Gasteiger partial charge in [-0.3, -0.25) is 4.79 Å². The zero-order valence-electron chi connectivity index (χ0n) is 12.4. The van der Waals surface area contributed by atoms with E-state index < -0.39 is 0 Å². The summed E-state index contributed by atoms with van der Waals surface area (Å²) < 4.78 is 1.94. The molecule has 21 heavy (non-hydrogen) atoms. The van der Waals surface area contributed by atoms with Crippen molar-refractivity contribution in [2.75, 3.05) is 0 Å². The van der Waals surface area contributed by atoms with Gasteiger partial charge in [0.05, 0.1) is 12.2 Å². The highest BCUT2D eigenvalue weighted by Gasteiger charge is 2.23. The summed E-state index contributed by atoms with van der Waals surface area (Å²) >= 11 is 0. The van der Waals surface area contributed by atoms with Gasteiger partial charge in [0.15, 0.2) is 0 Å². The van der Waals surface area contributed by atoms with E-state index in [2.05, 4.69) is 10.3 Å². The van der Waals surface area contributed by atoms with Gasteiger partial charge >= 0.3 is 0 Å². The minimum Gasteiger partial charge on any atom is -0.352 e. The molecule has 0 spiro atoms. The van der Waals surface area contributed by atoms with Gasteiger partial charge in [0.1, 0.15) is 0 Å². The number of hydrogen-bond acceptors (Lipinski definition) is 3. The Bertz CT molecular complexity index is 553. The molecule has 2 aromatic rings. The number of rotatable bonds is 6. The van der Waals surface area contributed by atoms with Crippen molar-refractivity contribution < 1.29 is 4.79 Å². The SMILES string of the molecule is CC(Cn1ccnc1)NC(=O)C(C)C(N)c1ccccc1. The van der Waals surface area contributed by atoms with Crippen LogP contribution in [0, 0.1) is 5.92 Å². The predicted octanol–water partition coefficient (Wildman–Crippen LogP) is 1.72. The van der Waals surface area contributed by atoms with Crippen LogP contribution < -0.4 is 11.1 Å². The van der Waals surface area contributed by atoms with Crippen LogP contribution in [0.25, 0.3) is 0 Å². The third kappa shape index (κ3) is 4.16. The first-order chi connectivity index (χ1) is 10.1. The molecule has 1 heterocycles. The lowest BCUT2D eigenvalue weighted by atomic mass is 9.94. The standard InChI is InChI=1S/C16H22N4O/c1-12(10-20-9-8-18-11-20)19-16(21)13(2)15(17)14-6-4-3-5-7-14/h3-9,11-13,15H,10,17H2,1-2H3,(H,19,21). The summed E-state index contributed by atoms with van der Waals surface area (Å²) in [6.07, 6.45) is 5.34. The fraction of sp³-hybridized carbons (Fsp3) is 0.375. The third-order valence-electron chi connectivity index (χ3n) is 3.57. The summed E-state index contributed by atoms with van der Waals surface area (Å²) in [4.78, 5) is 16.3. The van der Waals surface area contributed by atoms with Crippen molar-refractivity contribution in [2.45, 2.75) is 32.5 Å². The maximum Gasteiger partial charge on any atom is 0.225 e. The maximum atomic E-state index is 12.3. The molecule has 3 atom stereocenters. The van der Waals surface area contributed by atoms with E-state index in [1.807, 2.05) is 54.9 Å². The molecule has 0 aliphatic heterocycles. The van der Waals surface area contributed by atoms with Gasteiger partial charge in [-0.25, -0.2) is 4.98 Å². The van der Waals surface area contributed by atoms with Crippen LogP contribution in [0.5, 0.6) is 0 Å². The van der Waals surface area contributed by atoms with Gasteiger partial charge in [0.2, 0.25) is 5.91 Å². The van der Waals surface area contributed by atoms with E-state index in [4.69, 9.17) is 5.73 Å². The highest BCUT2D eigenvalue weighted by molar-refractivity contribution is 5.79. The molecular formula is C16H22N4O. The Kier molecular flexibility index (Phi) is 5.11. The first-order valence-corrected chi connectivity index (χ1v) is 7.14. The van der Waals surface area contributed by atoms with Gasteiger partial charge in [-0.05, 0) is 12.5 Å². The topological polar surface area (TPSA) is 72.9 Å². The molecule has 0 aliphatic rings. The van der Waals surface area contributed by atoms with E-state index in [9.17, 15) is 4.79 Å². The van der Waals surface area contributed by atoms with E-state index in [0.29, 0.717) is 6.54 Å². The van der Waals surface area contributed by atoms with Crippen molar-refractivity contribution in [3.8, 4) is 0 Å². The van der Waals surface area contributed by atoms with Crippen molar-refractivity contribution in [1.29, 1.82) is 0 Å². The van der Waals surface area contributed by atoms with E-state index in [0.717, 1.165) is 5.56 Å². The van der Waals surface area contributed by atoms with Crippen LogP contribution in [0.15, 0.2) is 49.1 Å². The molecule has 0 saturated carbocycles. The van der Waals surface area contributed by atoms with Crippen molar-refractivity contribution in [2.24, 2.45) is 11.7 Å². The van der Waals surface area contributed by atoms with Gasteiger partial charge in [0.25, 0.3) is 0 Å². The van der Waals surface area contributed by atoms with Gasteiger partial charge in [0, 0.05) is 31.0 Å². The molecule has 112 valence electrons. The lowest BCUT2D eigenvalue weighted by Crippen LogP contribution is -2.41. The van der Waals surface area contributed by atoms with E-state index in [1.165, 1.54) is 0 Å². The van der Waals surface area contributed by atoms with Gasteiger partial charge < -0.3 is 15.6 Å². The zero-order chi connectivity index (χ0) is 15.2. The summed E-state index contributed by atoms with van der Waals surface area (Å²) in [5, 5.41) is 3.00. The Morgan fingerprint density at radius 1 is 1.33 bits per heavy atom. The normalized spacial score (nSPS) is 15.2. The summed E-state index contributed by atoms with van der Waals surface area (Å²) in [5.74, 6) is -0.309. The second kappa shape index (κ2) is 7.04. The molecule has 0 fully saturated rings. The molecule has 1 amide bonds. The lowest BCUT2D eigenvalue weighted by molar-refractivity contribution is -0.125. The number of nitrogens with one attached hydrogen (secondary N) is 1. The minimum atomic E-state index is -0.299. The number of nitrogens with zero attached hydrogens (tertiary/aromatic N) is 2. The summed E-state index contributed by atoms with van der Waals surface area (Å²) in [6.45, 7) is 4.52. The van der Waals surface area contributed by atoms with Gasteiger partial charge in [-0.1, -0.05) is 37.3 Å². The molecule has 1 aromatic carbocycles. The number of carbonyl (C=O) groups excluding carboxylic acids is 1. The smallest absolute Gasteiger partial charge is 0.225 e. The van der Waals surface area contributed by atoms with Gasteiger partial charge in [-0.15, -0.1) is 0 Å². The van der Waals surface area contributed by atoms with Crippen molar-refractivity contribution in [3.63, 3.8) is 0 Å². The molecule has 5 heteroatoms. The molecule has 3 N–H and O–H groups in total. The number of benzene rings is 1. The Morgan fingerprint density at radius 3 is 2.67 bits per heavy atom. The van der Waals surface area contributed by atoms with E-state index in [-0.39, 0.29) is 23.9 Å². The van der Waals surface area contributed by atoms with Crippen LogP contribution in [-0.4, -0.2) is 21.5 Å². The van der Waals surface area contributed by atoms with Crippen molar-refractivity contribution >= 4 is 5.91 Å². The van der Waals surface area contributed by atoms with Crippen LogP contribution in [0.2, 0.25) is 0 Å². The molecule has 0 bridgehead atoms. The van der Waals surface area contributed by atoms with E-state index >= 15 is 0 Å². The number of aromatic nitrogens is 2. The van der Waals surface area contributed by atoms with Crippen LogP contribution in [0.4, 0.5) is 0 Å². The summed E-state index contributed by atoms with van der Waals surface area (Å²) in [5.41, 5.74) is 7.15. The predicted molar refractivity (Wildman–Crippen MR) is 82.4 cm³/mol. The molecule has 5 nitrogen and oxygen atoms in total. The molecule has 0 saturated heterocycles. The highest BCUT2D eigenvalue weighted by atomic mass is 16.2. The molecular weight excluding hydrogens is 264 g/mol. The molecule has 3 unspecified atom stereocenters. The Balaban J connectivity index is 1.90.